The van der Waals surface area contributed by atoms with Crippen molar-refractivity contribution in [2.45, 2.75) is 44.8 Å². The van der Waals surface area contributed by atoms with Crippen molar-refractivity contribution in [2.24, 2.45) is 5.92 Å². The van der Waals surface area contributed by atoms with Gasteiger partial charge in [-0.1, -0.05) is 18.2 Å². The van der Waals surface area contributed by atoms with E-state index in [2.05, 4.69) is 20.4 Å². The zero-order valence-corrected chi connectivity index (χ0v) is 14.7. The average Bonchev–Trinajstić information content (AvgIpc) is 3.13. The Balaban J connectivity index is 1.47. The summed E-state index contributed by atoms with van der Waals surface area (Å²) < 4.78 is 41.0. The highest BCUT2D eigenvalue weighted by Gasteiger charge is 2.33. The van der Waals surface area contributed by atoms with E-state index in [9.17, 15) is 13.2 Å². The molecule has 0 radical (unpaired) electrons. The number of halogens is 3. The topological polar surface area (TPSA) is 46.8 Å². The molecule has 0 saturated carbocycles. The largest absolute Gasteiger partial charge is 0.416 e. The standard InChI is InChI=1S/C18H24F3N5/c19-18(20,21)17-7-2-1-6-16(17)9-8-15-5-3-10-25(13-15)11-4-12-26-14-22-23-24-26/h1-2,6-7,14-15H,3-5,8-13H2/t15-/m0/s1. The van der Waals surface area contributed by atoms with Gasteiger partial charge >= 0.3 is 6.18 Å². The minimum Gasteiger partial charge on any atom is -0.303 e. The summed E-state index contributed by atoms with van der Waals surface area (Å²) in [6.45, 7) is 3.78. The maximum Gasteiger partial charge on any atom is 0.416 e. The second-order valence-electron chi connectivity index (χ2n) is 6.93. The Hall–Kier alpha value is -1.96. The van der Waals surface area contributed by atoms with Crippen LogP contribution in [-0.2, 0) is 19.1 Å². The molecule has 2 heterocycles. The van der Waals surface area contributed by atoms with E-state index in [1.807, 2.05) is 0 Å². The zero-order chi connectivity index (χ0) is 18.4. The van der Waals surface area contributed by atoms with Crippen molar-refractivity contribution in [3.05, 3.63) is 41.7 Å². The summed E-state index contributed by atoms with van der Waals surface area (Å²) in [5.74, 6) is 0.457. The first-order valence-electron chi connectivity index (χ1n) is 9.10. The fourth-order valence-corrected chi connectivity index (χ4v) is 3.70. The maximum absolute atomic E-state index is 13.1. The predicted octanol–water partition coefficient (Wildman–Crippen LogP) is 3.43. The van der Waals surface area contributed by atoms with E-state index in [-0.39, 0.29) is 0 Å². The summed E-state index contributed by atoms with van der Waals surface area (Å²) in [6, 6.07) is 5.94. The van der Waals surface area contributed by atoms with Gasteiger partial charge in [-0.15, -0.1) is 5.10 Å². The Kier molecular flexibility index (Phi) is 6.24. The van der Waals surface area contributed by atoms with E-state index in [0.29, 0.717) is 17.9 Å². The van der Waals surface area contributed by atoms with Gasteiger partial charge in [-0.05, 0) is 73.2 Å². The highest BCUT2D eigenvalue weighted by molar-refractivity contribution is 5.29. The van der Waals surface area contributed by atoms with Gasteiger partial charge in [0.25, 0.3) is 0 Å². The number of benzene rings is 1. The lowest BCUT2D eigenvalue weighted by Crippen LogP contribution is -2.36. The van der Waals surface area contributed by atoms with Crippen LogP contribution >= 0.6 is 0 Å². The minimum atomic E-state index is -4.27. The highest BCUT2D eigenvalue weighted by Crippen LogP contribution is 2.33. The van der Waals surface area contributed by atoms with Crippen LogP contribution in [0.5, 0.6) is 0 Å². The van der Waals surface area contributed by atoms with Crippen LogP contribution < -0.4 is 0 Å². The second kappa shape index (κ2) is 8.62. The van der Waals surface area contributed by atoms with Crippen LogP contribution in [0.25, 0.3) is 0 Å². The molecule has 142 valence electrons. The number of piperidine rings is 1. The summed E-state index contributed by atoms with van der Waals surface area (Å²) in [4.78, 5) is 2.41. The molecule has 3 rings (SSSR count). The molecule has 1 saturated heterocycles. The number of hydrogen-bond acceptors (Lipinski definition) is 4. The van der Waals surface area contributed by atoms with Gasteiger partial charge in [-0.3, -0.25) is 0 Å². The Morgan fingerprint density at radius 3 is 2.77 bits per heavy atom. The van der Waals surface area contributed by atoms with Gasteiger partial charge in [0.15, 0.2) is 0 Å². The van der Waals surface area contributed by atoms with E-state index in [1.54, 1.807) is 23.1 Å². The summed E-state index contributed by atoms with van der Waals surface area (Å²) in [7, 11) is 0. The number of hydrogen-bond donors (Lipinski definition) is 0. The van der Waals surface area contributed by atoms with E-state index in [0.717, 1.165) is 51.9 Å². The van der Waals surface area contributed by atoms with Crippen LogP contribution in [0.4, 0.5) is 13.2 Å². The summed E-state index contributed by atoms with van der Waals surface area (Å²) in [5, 5.41) is 11.1. The molecule has 0 aliphatic carbocycles. The fourth-order valence-electron chi connectivity index (χ4n) is 3.70. The van der Waals surface area contributed by atoms with Crippen LogP contribution in [0.15, 0.2) is 30.6 Å². The molecule has 26 heavy (non-hydrogen) atoms. The Morgan fingerprint density at radius 1 is 1.15 bits per heavy atom. The van der Waals surface area contributed by atoms with Gasteiger partial charge in [-0.2, -0.15) is 13.2 Å². The molecule has 5 nitrogen and oxygen atoms in total. The van der Waals surface area contributed by atoms with Crippen molar-refractivity contribution in [2.75, 3.05) is 19.6 Å². The maximum atomic E-state index is 13.1. The summed E-state index contributed by atoms with van der Waals surface area (Å²) >= 11 is 0. The van der Waals surface area contributed by atoms with Crippen molar-refractivity contribution >= 4 is 0 Å². The van der Waals surface area contributed by atoms with E-state index in [1.165, 1.54) is 12.1 Å². The van der Waals surface area contributed by atoms with Gasteiger partial charge in [0, 0.05) is 13.1 Å². The van der Waals surface area contributed by atoms with Crippen LogP contribution in [-0.4, -0.2) is 44.7 Å². The minimum absolute atomic E-state index is 0.413. The highest BCUT2D eigenvalue weighted by atomic mass is 19.4. The lowest BCUT2D eigenvalue weighted by Gasteiger charge is -2.33. The van der Waals surface area contributed by atoms with Crippen molar-refractivity contribution in [1.82, 2.24) is 25.1 Å². The number of likely N-dealkylation sites (tertiary alicyclic amines) is 1. The number of rotatable bonds is 7. The zero-order valence-electron chi connectivity index (χ0n) is 14.7. The first kappa shape index (κ1) is 18.8. The monoisotopic (exact) mass is 367 g/mol. The van der Waals surface area contributed by atoms with E-state index in [4.69, 9.17) is 0 Å². The average molecular weight is 367 g/mol. The molecule has 0 N–H and O–H groups in total. The fraction of sp³-hybridized carbons (Fsp3) is 0.611. The van der Waals surface area contributed by atoms with Crippen LogP contribution in [0, 0.1) is 5.92 Å². The predicted molar refractivity (Wildman–Crippen MR) is 91.4 cm³/mol. The third kappa shape index (κ3) is 5.27. The molecule has 1 aliphatic rings. The molecule has 1 atom stereocenters. The van der Waals surface area contributed by atoms with Crippen molar-refractivity contribution < 1.29 is 13.2 Å². The molecular formula is C18H24F3N5. The lowest BCUT2D eigenvalue weighted by atomic mass is 9.90. The van der Waals surface area contributed by atoms with Gasteiger partial charge in [0.05, 0.1) is 5.56 Å². The Morgan fingerprint density at radius 2 is 2.00 bits per heavy atom. The summed E-state index contributed by atoms with van der Waals surface area (Å²) in [5.41, 5.74) is -0.0788. The molecule has 1 aromatic heterocycles. The quantitative estimate of drug-likeness (QED) is 0.752. The number of nitrogens with zero attached hydrogens (tertiary/aromatic N) is 5. The Bertz CT molecular complexity index is 672. The molecule has 2 aromatic rings. The van der Waals surface area contributed by atoms with Gasteiger partial charge in [0.1, 0.15) is 6.33 Å². The lowest BCUT2D eigenvalue weighted by molar-refractivity contribution is -0.138. The molecule has 1 fully saturated rings. The van der Waals surface area contributed by atoms with Crippen LogP contribution in [0.3, 0.4) is 0 Å². The van der Waals surface area contributed by atoms with Gasteiger partial charge in [-0.25, -0.2) is 4.68 Å². The molecule has 0 bridgehead atoms. The second-order valence-corrected chi connectivity index (χ2v) is 6.93. The number of tetrazole rings is 1. The molecule has 0 spiro atoms. The molecule has 1 aliphatic heterocycles. The van der Waals surface area contributed by atoms with Gasteiger partial charge in [0.2, 0.25) is 0 Å². The van der Waals surface area contributed by atoms with Crippen molar-refractivity contribution in [1.29, 1.82) is 0 Å². The molecule has 0 unspecified atom stereocenters. The molecule has 1 aromatic carbocycles. The number of aryl methyl sites for hydroxylation is 2. The molecule has 0 amide bonds. The molecular weight excluding hydrogens is 343 g/mol. The van der Waals surface area contributed by atoms with E-state index < -0.39 is 11.7 Å². The smallest absolute Gasteiger partial charge is 0.303 e. The molecule has 8 heteroatoms. The normalized spacial score (nSPS) is 19.0. The third-order valence-corrected chi connectivity index (χ3v) is 5.00. The van der Waals surface area contributed by atoms with Crippen molar-refractivity contribution in [3.8, 4) is 0 Å². The first-order valence-corrected chi connectivity index (χ1v) is 9.10. The Labute approximate surface area is 151 Å². The summed E-state index contributed by atoms with van der Waals surface area (Å²) in [6.07, 6.45) is 1.79. The van der Waals surface area contributed by atoms with Gasteiger partial charge < -0.3 is 4.90 Å². The number of alkyl halides is 3. The van der Waals surface area contributed by atoms with Crippen molar-refractivity contribution in [3.63, 3.8) is 0 Å². The van der Waals surface area contributed by atoms with Crippen LogP contribution in [0.2, 0.25) is 0 Å². The first-order chi connectivity index (χ1) is 12.5. The van der Waals surface area contributed by atoms with Crippen LogP contribution in [0.1, 0.15) is 36.8 Å². The number of aromatic nitrogens is 4. The third-order valence-electron chi connectivity index (χ3n) is 5.00. The SMILES string of the molecule is FC(F)(F)c1ccccc1CC[C@@H]1CCCN(CCCn2cnnn2)C1. The van der Waals surface area contributed by atoms with E-state index >= 15 is 0 Å².